The van der Waals surface area contributed by atoms with Crippen molar-refractivity contribution in [3.63, 3.8) is 0 Å². The van der Waals surface area contributed by atoms with E-state index in [0.717, 1.165) is 12.8 Å². The largest absolute Gasteiger partial charge is 0.385 e. The third-order valence-electron chi connectivity index (χ3n) is 2.69. The van der Waals surface area contributed by atoms with Gasteiger partial charge in [-0.3, -0.25) is 0 Å². The maximum atomic E-state index is 13.5. The molecule has 0 bridgehead atoms. The Kier molecular flexibility index (Phi) is 2.00. The van der Waals surface area contributed by atoms with Gasteiger partial charge in [-0.25, -0.2) is 4.39 Å². The van der Waals surface area contributed by atoms with Gasteiger partial charge in [-0.15, -0.1) is 0 Å². The molecule has 0 spiro atoms. The van der Waals surface area contributed by atoms with Crippen LogP contribution < -0.4 is 4.90 Å². The van der Waals surface area contributed by atoms with Crippen molar-refractivity contribution in [1.29, 1.82) is 0 Å². The van der Waals surface area contributed by atoms with Crippen LogP contribution in [0, 0.1) is 5.82 Å². The van der Waals surface area contributed by atoms with Crippen LogP contribution in [0.15, 0.2) is 18.2 Å². The molecule has 0 amide bonds. The molecule has 1 N–H and O–H groups in total. The van der Waals surface area contributed by atoms with Crippen LogP contribution in [0.4, 0.5) is 10.1 Å². The van der Waals surface area contributed by atoms with E-state index in [4.69, 9.17) is 0 Å². The van der Waals surface area contributed by atoms with Crippen molar-refractivity contribution in [2.45, 2.75) is 18.4 Å². The molecule has 0 saturated heterocycles. The van der Waals surface area contributed by atoms with Gasteiger partial charge in [0.05, 0.1) is 11.3 Å². The molecular weight excluding hydrogens is 181 g/mol. The quantitative estimate of drug-likeness (QED) is 0.778. The van der Waals surface area contributed by atoms with E-state index >= 15 is 0 Å². The first kappa shape index (κ1) is 9.46. The van der Waals surface area contributed by atoms with Gasteiger partial charge in [0, 0.05) is 14.1 Å². The van der Waals surface area contributed by atoms with E-state index < -0.39 is 5.60 Å². The van der Waals surface area contributed by atoms with Crippen molar-refractivity contribution < 1.29 is 9.50 Å². The predicted octanol–water partition coefficient (Wildman–Crippen LogP) is 1.87. The number of benzene rings is 1. The molecule has 0 atom stereocenters. The zero-order valence-electron chi connectivity index (χ0n) is 8.42. The van der Waals surface area contributed by atoms with Crippen molar-refractivity contribution in [1.82, 2.24) is 0 Å². The first-order chi connectivity index (χ1) is 6.53. The second-order valence-electron chi connectivity index (χ2n) is 4.09. The Balaban J connectivity index is 2.36. The molecule has 1 fully saturated rings. The lowest BCUT2D eigenvalue weighted by molar-refractivity contribution is 0.151. The van der Waals surface area contributed by atoms with E-state index in [0.29, 0.717) is 11.3 Å². The summed E-state index contributed by atoms with van der Waals surface area (Å²) in [6, 6.07) is 4.94. The highest BCUT2D eigenvalue weighted by molar-refractivity contribution is 5.49. The summed E-state index contributed by atoms with van der Waals surface area (Å²) in [5.74, 6) is -0.271. The van der Waals surface area contributed by atoms with Crippen LogP contribution in [0.1, 0.15) is 18.4 Å². The molecule has 76 valence electrons. The van der Waals surface area contributed by atoms with Crippen LogP contribution in [0.3, 0.4) is 0 Å². The molecule has 2 nitrogen and oxygen atoms in total. The van der Waals surface area contributed by atoms with Gasteiger partial charge < -0.3 is 10.0 Å². The number of nitrogens with zero attached hydrogens (tertiary/aromatic N) is 1. The summed E-state index contributed by atoms with van der Waals surface area (Å²) in [7, 11) is 3.59. The van der Waals surface area contributed by atoms with Gasteiger partial charge in [-0.05, 0) is 30.5 Å². The molecule has 1 aromatic carbocycles. The van der Waals surface area contributed by atoms with Crippen molar-refractivity contribution in [2.75, 3.05) is 19.0 Å². The molecule has 1 saturated carbocycles. The highest BCUT2D eigenvalue weighted by atomic mass is 19.1. The summed E-state index contributed by atoms with van der Waals surface area (Å²) >= 11 is 0. The standard InChI is InChI=1S/C11H14FNO/c1-13(2)10-4-3-8(7-9(10)12)11(14)5-6-11/h3-4,7,14H,5-6H2,1-2H3. The van der Waals surface area contributed by atoms with Crippen LogP contribution in [0.25, 0.3) is 0 Å². The molecule has 0 unspecified atom stereocenters. The third kappa shape index (κ3) is 1.48. The second-order valence-corrected chi connectivity index (χ2v) is 4.09. The summed E-state index contributed by atoms with van der Waals surface area (Å²) in [5, 5.41) is 9.77. The number of aliphatic hydroxyl groups is 1. The van der Waals surface area contributed by atoms with E-state index in [1.54, 1.807) is 31.1 Å². The maximum absolute atomic E-state index is 13.5. The molecule has 0 radical (unpaired) electrons. The first-order valence-electron chi connectivity index (χ1n) is 4.73. The van der Waals surface area contributed by atoms with Crippen molar-refractivity contribution in [3.05, 3.63) is 29.6 Å². The second kappa shape index (κ2) is 2.95. The molecular formula is C11H14FNO. The van der Waals surface area contributed by atoms with E-state index in [1.807, 2.05) is 0 Å². The van der Waals surface area contributed by atoms with Crippen molar-refractivity contribution in [3.8, 4) is 0 Å². The van der Waals surface area contributed by atoms with E-state index in [1.165, 1.54) is 6.07 Å². The normalized spacial score (nSPS) is 18.0. The van der Waals surface area contributed by atoms with Gasteiger partial charge in [-0.1, -0.05) is 6.07 Å². The van der Waals surface area contributed by atoms with Crippen LogP contribution in [0.5, 0.6) is 0 Å². The number of hydrogen-bond acceptors (Lipinski definition) is 2. The Labute approximate surface area is 83.0 Å². The maximum Gasteiger partial charge on any atom is 0.146 e. The van der Waals surface area contributed by atoms with Crippen LogP contribution in [-0.4, -0.2) is 19.2 Å². The summed E-state index contributed by atoms with van der Waals surface area (Å²) in [6.45, 7) is 0. The van der Waals surface area contributed by atoms with Crippen LogP contribution in [-0.2, 0) is 5.60 Å². The van der Waals surface area contributed by atoms with Gasteiger partial charge in [0.15, 0.2) is 0 Å². The fraction of sp³-hybridized carbons (Fsp3) is 0.455. The van der Waals surface area contributed by atoms with Gasteiger partial charge in [-0.2, -0.15) is 0 Å². The SMILES string of the molecule is CN(C)c1ccc(C2(O)CC2)cc1F. The fourth-order valence-corrected chi connectivity index (χ4v) is 1.57. The molecule has 0 aliphatic heterocycles. The van der Waals surface area contributed by atoms with E-state index in [-0.39, 0.29) is 5.82 Å². The topological polar surface area (TPSA) is 23.5 Å². The molecule has 14 heavy (non-hydrogen) atoms. The van der Waals surface area contributed by atoms with E-state index in [2.05, 4.69) is 0 Å². The number of rotatable bonds is 2. The molecule has 0 heterocycles. The average molecular weight is 195 g/mol. The third-order valence-corrected chi connectivity index (χ3v) is 2.69. The van der Waals surface area contributed by atoms with Crippen LogP contribution in [0.2, 0.25) is 0 Å². The highest BCUT2D eigenvalue weighted by Gasteiger charge is 2.42. The zero-order chi connectivity index (χ0) is 10.3. The smallest absolute Gasteiger partial charge is 0.146 e. The number of halogens is 1. The predicted molar refractivity (Wildman–Crippen MR) is 53.9 cm³/mol. The first-order valence-corrected chi connectivity index (χ1v) is 4.73. The fourth-order valence-electron chi connectivity index (χ4n) is 1.57. The lowest BCUT2D eigenvalue weighted by Gasteiger charge is -2.15. The number of hydrogen-bond donors (Lipinski definition) is 1. The van der Waals surface area contributed by atoms with Gasteiger partial charge in [0.1, 0.15) is 5.82 Å². The van der Waals surface area contributed by atoms with Gasteiger partial charge >= 0.3 is 0 Å². The Hall–Kier alpha value is -1.09. The van der Waals surface area contributed by atoms with Gasteiger partial charge in [0.25, 0.3) is 0 Å². The summed E-state index contributed by atoms with van der Waals surface area (Å²) in [4.78, 5) is 1.72. The lowest BCUT2D eigenvalue weighted by atomic mass is 10.1. The number of anilines is 1. The van der Waals surface area contributed by atoms with Crippen molar-refractivity contribution in [2.24, 2.45) is 0 Å². The van der Waals surface area contributed by atoms with Crippen LogP contribution >= 0.6 is 0 Å². The monoisotopic (exact) mass is 195 g/mol. The summed E-state index contributed by atoms with van der Waals surface area (Å²) in [6.07, 6.45) is 1.49. The van der Waals surface area contributed by atoms with Gasteiger partial charge in [0.2, 0.25) is 0 Å². The van der Waals surface area contributed by atoms with Crippen molar-refractivity contribution >= 4 is 5.69 Å². The molecule has 1 aromatic rings. The Morgan fingerprint density at radius 1 is 1.36 bits per heavy atom. The Morgan fingerprint density at radius 2 is 2.00 bits per heavy atom. The minimum atomic E-state index is -0.744. The minimum absolute atomic E-state index is 0.271. The minimum Gasteiger partial charge on any atom is -0.385 e. The summed E-state index contributed by atoms with van der Waals surface area (Å²) < 4.78 is 13.5. The molecule has 1 aliphatic carbocycles. The molecule has 1 aliphatic rings. The molecule has 0 aromatic heterocycles. The molecule has 2 rings (SSSR count). The highest BCUT2D eigenvalue weighted by Crippen LogP contribution is 2.45. The zero-order valence-corrected chi connectivity index (χ0v) is 8.42. The lowest BCUT2D eigenvalue weighted by Crippen LogP contribution is -2.12. The Bertz CT molecular complexity index is 358. The van der Waals surface area contributed by atoms with E-state index in [9.17, 15) is 9.50 Å². The average Bonchev–Trinajstić information content (AvgIpc) is 2.84. The molecule has 3 heteroatoms. The Morgan fingerprint density at radius 3 is 2.43 bits per heavy atom. The summed E-state index contributed by atoms with van der Waals surface area (Å²) in [5.41, 5.74) is 0.504.